The second kappa shape index (κ2) is 8.67. The number of aliphatic carboxylic acids is 1. The lowest BCUT2D eigenvalue weighted by Gasteiger charge is -2.15. The van der Waals surface area contributed by atoms with E-state index in [4.69, 9.17) is 5.11 Å². The molecule has 0 atom stereocenters. The van der Waals surface area contributed by atoms with Gasteiger partial charge >= 0.3 is 12.1 Å². The molecule has 3 rings (SSSR count). The van der Waals surface area contributed by atoms with Gasteiger partial charge in [-0.3, -0.25) is 19.0 Å². The number of nitrogens with one attached hydrogen (secondary N) is 1. The third-order valence-electron chi connectivity index (χ3n) is 4.55. The monoisotopic (exact) mass is 451 g/mol. The number of aromatic hydroxyl groups is 1. The molecule has 32 heavy (non-hydrogen) atoms. The molecule has 0 aliphatic heterocycles. The highest BCUT2D eigenvalue weighted by Gasteiger charge is 2.30. The van der Waals surface area contributed by atoms with Gasteiger partial charge in [-0.25, -0.2) is 4.98 Å². The number of hydrogen-bond donors (Lipinski definition) is 4. The first-order chi connectivity index (χ1) is 15.0. The predicted octanol–water partition coefficient (Wildman–Crippen LogP) is 1.48. The van der Waals surface area contributed by atoms with Crippen molar-refractivity contribution in [2.75, 3.05) is 6.54 Å². The summed E-state index contributed by atoms with van der Waals surface area (Å²) in [6, 6.07) is 6.60. The number of carboxylic acid groups (broad SMARTS) is 1. The molecule has 1 amide bonds. The SMILES string of the molecule is O=C(O)CNC(=O)c1c(O)c2ccc(CO)nc2n(Cc2ccc(C(F)(F)F)cc2)c1=O. The molecule has 2 heterocycles. The number of halogens is 3. The fraction of sp³-hybridized carbons (Fsp3) is 0.200. The summed E-state index contributed by atoms with van der Waals surface area (Å²) in [4.78, 5) is 40.2. The van der Waals surface area contributed by atoms with Crippen molar-refractivity contribution in [2.24, 2.45) is 0 Å². The highest BCUT2D eigenvalue weighted by Crippen LogP contribution is 2.30. The molecule has 2 aromatic heterocycles. The van der Waals surface area contributed by atoms with E-state index in [0.29, 0.717) is 0 Å². The molecule has 0 fully saturated rings. The summed E-state index contributed by atoms with van der Waals surface area (Å²) in [6.07, 6.45) is -4.55. The minimum absolute atomic E-state index is 0.0470. The molecule has 0 aliphatic rings. The van der Waals surface area contributed by atoms with Crippen molar-refractivity contribution < 1.29 is 38.1 Å². The molecular formula is C20H16F3N3O6. The Hall–Kier alpha value is -3.93. The molecule has 0 bridgehead atoms. The molecule has 4 N–H and O–H groups in total. The van der Waals surface area contributed by atoms with Crippen LogP contribution in [0.4, 0.5) is 13.2 Å². The van der Waals surface area contributed by atoms with Crippen LogP contribution in [0.5, 0.6) is 5.75 Å². The van der Waals surface area contributed by atoms with E-state index in [2.05, 4.69) is 4.98 Å². The first-order valence-electron chi connectivity index (χ1n) is 9.05. The first kappa shape index (κ1) is 22.7. The van der Waals surface area contributed by atoms with Crippen molar-refractivity contribution in [1.29, 1.82) is 0 Å². The summed E-state index contributed by atoms with van der Waals surface area (Å²) < 4.78 is 39.4. The summed E-state index contributed by atoms with van der Waals surface area (Å²) in [5, 5.41) is 30.5. The second-order valence-electron chi connectivity index (χ2n) is 6.72. The van der Waals surface area contributed by atoms with Crippen LogP contribution >= 0.6 is 0 Å². The maximum Gasteiger partial charge on any atom is 0.416 e. The van der Waals surface area contributed by atoms with E-state index < -0.39 is 53.6 Å². The number of hydrogen-bond acceptors (Lipinski definition) is 6. The Morgan fingerprint density at radius 3 is 2.31 bits per heavy atom. The van der Waals surface area contributed by atoms with Gasteiger partial charge in [-0.15, -0.1) is 0 Å². The number of nitrogens with zero attached hydrogens (tertiary/aromatic N) is 2. The van der Waals surface area contributed by atoms with E-state index in [1.54, 1.807) is 0 Å². The zero-order valence-electron chi connectivity index (χ0n) is 16.2. The van der Waals surface area contributed by atoms with Crippen LogP contribution in [0.25, 0.3) is 11.0 Å². The Bertz CT molecular complexity index is 1250. The van der Waals surface area contributed by atoms with Gasteiger partial charge in [0, 0.05) is 0 Å². The number of pyridine rings is 2. The normalized spacial score (nSPS) is 11.5. The van der Waals surface area contributed by atoms with Crippen molar-refractivity contribution in [3.63, 3.8) is 0 Å². The maximum absolute atomic E-state index is 13.0. The van der Waals surface area contributed by atoms with Gasteiger partial charge in [0.15, 0.2) is 0 Å². The number of amides is 1. The molecule has 9 nitrogen and oxygen atoms in total. The molecule has 0 spiro atoms. The van der Waals surface area contributed by atoms with E-state index in [-0.39, 0.29) is 28.8 Å². The lowest BCUT2D eigenvalue weighted by molar-refractivity contribution is -0.138. The lowest BCUT2D eigenvalue weighted by atomic mass is 10.1. The van der Waals surface area contributed by atoms with E-state index >= 15 is 0 Å². The fourth-order valence-corrected chi connectivity index (χ4v) is 3.01. The van der Waals surface area contributed by atoms with E-state index in [9.17, 15) is 37.8 Å². The van der Waals surface area contributed by atoms with Gasteiger partial charge in [0.05, 0.1) is 29.8 Å². The van der Waals surface area contributed by atoms with Crippen LogP contribution in [0.1, 0.15) is 27.2 Å². The largest absolute Gasteiger partial charge is 0.506 e. The molecule has 168 valence electrons. The van der Waals surface area contributed by atoms with E-state index in [1.807, 2.05) is 5.32 Å². The van der Waals surface area contributed by atoms with Crippen LogP contribution in [-0.2, 0) is 24.1 Å². The smallest absolute Gasteiger partial charge is 0.416 e. The number of carbonyl (C=O) groups is 2. The summed E-state index contributed by atoms with van der Waals surface area (Å²) in [6.45, 7) is -1.61. The Morgan fingerprint density at radius 1 is 1.09 bits per heavy atom. The zero-order valence-corrected chi connectivity index (χ0v) is 16.2. The van der Waals surface area contributed by atoms with Crippen LogP contribution in [0.15, 0.2) is 41.2 Å². The van der Waals surface area contributed by atoms with Gasteiger partial charge in [-0.1, -0.05) is 12.1 Å². The van der Waals surface area contributed by atoms with Crippen molar-refractivity contribution in [2.45, 2.75) is 19.3 Å². The second-order valence-corrected chi connectivity index (χ2v) is 6.72. The predicted molar refractivity (Wildman–Crippen MR) is 104 cm³/mol. The fourth-order valence-electron chi connectivity index (χ4n) is 3.01. The molecule has 0 unspecified atom stereocenters. The van der Waals surface area contributed by atoms with Gasteiger partial charge < -0.3 is 20.6 Å². The van der Waals surface area contributed by atoms with E-state index in [1.165, 1.54) is 12.1 Å². The Balaban J connectivity index is 2.17. The summed E-state index contributed by atoms with van der Waals surface area (Å²) in [5.41, 5.74) is -2.39. The average Bonchev–Trinajstić information content (AvgIpc) is 2.74. The minimum atomic E-state index is -4.55. The Labute approximate surface area is 177 Å². The topological polar surface area (TPSA) is 142 Å². The summed E-state index contributed by atoms with van der Waals surface area (Å²) in [5.74, 6) is -3.27. The zero-order chi connectivity index (χ0) is 23.6. The molecule has 0 radical (unpaired) electrons. The first-order valence-corrected chi connectivity index (χ1v) is 9.05. The molecule has 12 heteroatoms. The van der Waals surface area contributed by atoms with Crippen molar-refractivity contribution in [1.82, 2.24) is 14.9 Å². The number of aliphatic hydroxyl groups is 1. The van der Waals surface area contributed by atoms with Crippen molar-refractivity contribution in [3.8, 4) is 5.75 Å². The van der Waals surface area contributed by atoms with Crippen LogP contribution in [0, 0.1) is 0 Å². The molecule has 3 aromatic rings. The average molecular weight is 451 g/mol. The number of aliphatic hydroxyl groups excluding tert-OH is 1. The van der Waals surface area contributed by atoms with Gasteiger partial charge in [0.25, 0.3) is 11.5 Å². The van der Waals surface area contributed by atoms with Crippen LogP contribution < -0.4 is 10.9 Å². The molecule has 1 aromatic carbocycles. The standard InChI is InChI=1S/C20H16F3N3O6/c21-20(22,23)11-3-1-10(2-4-11)8-26-17-13(6-5-12(9-27)25-17)16(30)15(19(26)32)18(31)24-7-14(28)29/h1-6,27,30H,7-9H2,(H,24,31)(H,28,29). The van der Waals surface area contributed by atoms with Crippen molar-refractivity contribution in [3.05, 3.63) is 69.1 Å². The van der Waals surface area contributed by atoms with Gasteiger partial charge in [0.1, 0.15) is 23.5 Å². The number of benzene rings is 1. The van der Waals surface area contributed by atoms with E-state index in [0.717, 1.165) is 28.8 Å². The number of carbonyl (C=O) groups excluding carboxylic acids is 1. The Kier molecular flexibility index (Phi) is 6.16. The van der Waals surface area contributed by atoms with Crippen LogP contribution in [0.3, 0.4) is 0 Å². The Morgan fingerprint density at radius 2 is 1.75 bits per heavy atom. The van der Waals surface area contributed by atoms with Gasteiger partial charge in [-0.2, -0.15) is 13.2 Å². The molecule has 0 saturated carbocycles. The lowest BCUT2D eigenvalue weighted by Crippen LogP contribution is -2.36. The van der Waals surface area contributed by atoms with Crippen LogP contribution in [-0.4, -0.2) is 43.3 Å². The number of rotatable bonds is 6. The molecule has 0 saturated heterocycles. The maximum atomic E-state index is 13.0. The van der Waals surface area contributed by atoms with Gasteiger partial charge in [-0.05, 0) is 29.8 Å². The molecule has 0 aliphatic carbocycles. The number of carboxylic acids is 1. The van der Waals surface area contributed by atoms with Crippen LogP contribution in [0.2, 0.25) is 0 Å². The summed E-state index contributed by atoms with van der Waals surface area (Å²) in [7, 11) is 0. The van der Waals surface area contributed by atoms with Gasteiger partial charge in [0.2, 0.25) is 0 Å². The number of fused-ring (bicyclic) bond motifs is 1. The number of alkyl halides is 3. The summed E-state index contributed by atoms with van der Waals surface area (Å²) >= 11 is 0. The van der Waals surface area contributed by atoms with Crippen molar-refractivity contribution >= 4 is 22.9 Å². The quantitative estimate of drug-likeness (QED) is 0.445. The molecular weight excluding hydrogens is 435 g/mol. The number of aromatic nitrogens is 2. The minimum Gasteiger partial charge on any atom is -0.506 e. The highest BCUT2D eigenvalue weighted by atomic mass is 19.4. The highest BCUT2D eigenvalue weighted by molar-refractivity contribution is 6.02. The third kappa shape index (κ3) is 4.54. The third-order valence-corrected chi connectivity index (χ3v) is 4.55.